The fourth-order valence-electron chi connectivity index (χ4n) is 2.70. The smallest absolute Gasteiger partial charge is 0.326 e. The number of halogens is 3. The minimum absolute atomic E-state index is 0.0336. The van der Waals surface area contributed by atoms with E-state index >= 15 is 0 Å². The monoisotopic (exact) mass is 410 g/mol. The van der Waals surface area contributed by atoms with E-state index in [1.165, 1.54) is 12.1 Å². The van der Waals surface area contributed by atoms with Gasteiger partial charge in [0.05, 0.1) is 10.2 Å². The molecule has 0 saturated carbocycles. The van der Waals surface area contributed by atoms with Crippen molar-refractivity contribution in [3.63, 3.8) is 0 Å². The fourth-order valence-corrected chi connectivity index (χ4v) is 4.00. The van der Waals surface area contributed by atoms with Crippen molar-refractivity contribution in [1.29, 1.82) is 0 Å². The van der Waals surface area contributed by atoms with Gasteiger partial charge in [0.15, 0.2) is 10.6 Å². The second-order valence-electron chi connectivity index (χ2n) is 5.68. The summed E-state index contributed by atoms with van der Waals surface area (Å²) in [5.41, 5.74) is 0.0924. The lowest BCUT2D eigenvalue weighted by Crippen LogP contribution is -2.27. The van der Waals surface area contributed by atoms with Crippen LogP contribution in [0.2, 0.25) is 5.02 Å². The maximum absolute atomic E-state index is 14.4. The maximum atomic E-state index is 14.4. The lowest BCUT2D eigenvalue weighted by molar-refractivity contribution is -0.140. The highest BCUT2D eigenvalue weighted by molar-refractivity contribution is 7.16. The molecule has 1 aromatic heterocycles. The van der Waals surface area contributed by atoms with E-state index in [0.717, 1.165) is 22.0 Å². The van der Waals surface area contributed by atoms with Crippen LogP contribution < -0.4 is 4.80 Å². The van der Waals surface area contributed by atoms with Crippen LogP contribution in [0.1, 0.15) is 29.7 Å². The first kappa shape index (κ1) is 19.2. The number of nitrogens with zero attached hydrogens (tertiary/aromatic N) is 2. The van der Waals surface area contributed by atoms with Gasteiger partial charge in [0.1, 0.15) is 11.9 Å². The zero-order valence-electron chi connectivity index (χ0n) is 13.9. The molecule has 0 aliphatic heterocycles. The average molecular weight is 411 g/mol. The maximum Gasteiger partial charge on any atom is 0.326 e. The number of aliphatic carboxylic acids is 1. The first-order valence-corrected chi connectivity index (χ1v) is 9.08. The average Bonchev–Trinajstić information content (AvgIpc) is 2.93. The molecule has 0 bridgehead atoms. The Morgan fingerprint density at radius 2 is 2.04 bits per heavy atom. The third-order valence-electron chi connectivity index (χ3n) is 3.89. The topological polar surface area (TPSA) is 71.7 Å². The van der Waals surface area contributed by atoms with Crippen LogP contribution in [0, 0.1) is 11.6 Å². The Morgan fingerprint density at radius 1 is 1.30 bits per heavy atom. The molecule has 140 valence electrons. The zero-order valence-corrected chi connectivity index (χ0v) is 15.5. The minimum atomic E-state index is -1.21. The van der Waals surface area contributed by atoms with E-state index in [1.807, 2.05) is 0 Å². The molecule has 0 fully saturated rings. The number of hydrogen-bond donors (Lipinski definition) is 1. The van der Waals surface area contributed by atoms with Crippen LogP contribution in [0.5, 0.6) is 0 Å². The number of carbonyl (C=O) groups is 2. The first-order chi connectivity index (χ1) is 12.8. The number of aromatic nitrogens is 1. The highest BCUT2D eigenvalue weighted by Crippen LogP contribution is 2.26. The first-order valence-electron chi connectivity index (χ1n) is 7.89. The van der Waals surface area contributed by atoms with Crippen LogP contribution >= 0.6 is 22.9 Å². The quantitative estimate of drug-likeness (QED) is 0.692. The number of fused-ring (bicyclic) bond motifs is 1. The summed E-state index contributed by atoms with van der Waals surface area (Å²) in [6.07, 6.45) is 0.122. The molecule has 0 saturated heterocycles. The van der Waals surface area contributed by atoms with Crippen molar-refractivity contribution < 1.29 is 23.5 Å². The molecule has 1 N–H and O–H groups in total. The number of amides is 1. The number of benzene rings is 2. The number of carboxylic acid groups (broad SMARTS) is 1. The van der Waals surface area contributed by atoms with Gasteiger partial charge in [0.2, 0.25) is 0 Å². The molecule has 1 amide bonds. The Morgan fingerprint density at radius 3 is 2.67 bits per heavy atom. The zero-order chi connectivity index (χ0) is 19.7. The molecule has 0 aliphatic rings. The van der Waals surface area contributed by atoms with Crippen LogP contribution in [-0.2, 0) is 4.79 Å². The molecule has 27 heavy (non-hydrogen) atoms. The summed E-state index contributed by atoms with van der Waals surface area (Å²) in [5.74, 6) is -3.60. The summed E-state index contributed by atoms with van der Waals surface area (Å²) >= 11 is 6.71. The number of thiazole rings is 1. The van der Waals surface area contributed by atoms with E-state index in [4.69, 9.17) is 11.6 Å². The highest BCUT2D eigenvalue weighted by atomic mass is 35.5. The SMILES string of the molecule is CCC(C(=O)O)n1c(=NC(=O)c2cccc(Cl)c2)sc2cc(F)cc(F)c21. The van der Waals surface area contributed by atoms with Crippen LogP contribution in [0.3, 0.4) is 0 Å². The normalized spacial score (nSPS) is 13.1. The van der Waals surface area contributed by atoms with Crippen molar-refractivity contribution in [3.8, 4) is 0 Å². The van der Waals surface area contributed by atoms with Gasteiger partial charge in [-0.2, -0.15) is 4.99 Å². The van der Waals surface area contributed by atoms with E-state index in [9.17, 15) is 23.5 Å². The van der Waals surface area contributed by atoms with Crippen LogP contribution in [0.25, 0.3) is 10.2 Å². The fraction of sp³-hybridized carbons (Fsp3) is 0.167. The summed E-state index contributed by atoms with van der Waals surface area (Å²) in [6.45, 7) is 1.61. The van der Waals surface area contributed by atoms with E-state index in [0.29, 0.717) is 11.1 Å². The van der Waals surface area contributed by atoms with E-state index in [1.54, 1.807) is 19.1 Å². The van der Waals surface area contributed by atoms with Crippen LogP contribution in [0.15, 0.2) is 41.4 Å². The summed E-state index contributed by atoms with van der Waals surface area (Å²) in [7, 11) is 0. The minimum Gasteiger partial charge on any atom is -0.480 e. The van der Waals surface area contributed by atoms with Crippen molar-refractivity contribution in [3.05, 3.63) is 63.4 Å². The summed E-state index contributed by atoms with van der Waals surface area (Å²) < 4.78 is 29.3. The molecule has 5 nitrogen and oxygen atoms in total. The number of carboxylic acids is 1. The molecular formula is C18H13ClF2N2O3S. The Kier molecular flexibility index (Phi) is 5.38. The molecule has 1 atom stereocenters. The summed E-state index contributed by atoms with van der Waals surface area (Å²) in [6, 6.07) is 6.67. The molecule has 0 aliphatic carbocycles. The molecule has 9 heteroatoms. The third kappa shape index (κ3) is 3.77. The second-order valence-corrected chi connectivity index (χ2v) is 7.12. The number of rotatable bonds is 4. The second kappa shape index (κ2) is 7.58. The Bertz CT molecular complexity index is 1120. The Balaban J connectivity index is 2.30. The van der Waals surface area contributed by atoms with Crippen molar-refractivity contribution in [2.75, 3.05) is 0 Å². The van der Waals surface area contributed by atoms with Crippen molar-refractivity contribution in [1.82, 2.24) is 4.57 Å². The third-order valence-corrected chi connectivity index (χ3v) is 5.13. The van der Waals surface area contributed by atoms with E-state index in [2.05, 4.69) is 4.99 Å². The van der Waals surface area contributed by atoms with E-state index < -0.39 is 29.6 Å². The molecule has 1 unspecified atom stereocenters. The molecule has 3 aromatic rings. The predicted octanol–water partition coefficient (Wildman–Crippen LogP) is 4.41. The van der Waals surface area contributed by atoms with Gasteiger partial charge in [-0.05, 0) is 30.7 Å². The Hall–Kier alpha value is -2.58. The number of carbonyl (C=O) groups excluding carboxylic acids is 1. The van der Waals surface area contributed by atoms with Crippen LogP contribution in [0.4, 0.5) is 8.78 Å². The van der Waals surface area contributed by atoms with Gasteiger partial charge in [-0.3, -0.25) is 9.36 Å². The standard InChI is InChI=1S/C18H13ClF2N2O3S/c1-2-13(17(25)26)23-15-12(21)7-11(20)8-14(15)27-18(23)22-16(24)9-4-3-5-10(19)6-9/h3-8,13H,2H2,1H3,(H,25,26). The largest absolute Gasteiger partial charge is 0.480 e. The van der Waals surface area contributed by atoms with Gasteiger partial charge in [-0.1, -0.05) is 35.9 Å². The van der Waals surface area contributed by atoms with Crippen molar-refractivity contribution in [2.24, 2.45) is 4.99 Å². The molecule has 0 radical (unpaired) electrons. The van der Waals surface area contributed by atoms with E-state index in [-0.39, 0.29) is 27.0 Å². The van der Waals surface area contributed by atoms with Crippen LogP contribution in [-0.4, -0.2) is 21.6 Å². The van der Waals surface area contributed by atoms with Gasteiger partial charge < -0.3 is 5.11 Å². The van der Waals surface area contributed by atoms with Gasteiger partial charge in [0.25, 0.3) is 5.91 Å². The number of hydrogen-bond acceptors (Lipinski definition) is 3. The van der Waals surface area contributed by atoms with Crippen molar-refractivity contribution in [2.45, 2.75) is 19.4 Å². The molecule has 3 rings (SSSR count). The van der Waals surface area contributed by atoms with Crippen molar-refractivity contribution >= 4 is 45.0 Å². The summed E-state index contributed by atoms with van der Waals surface area (Å²) in [4.78, 5) is 28.1. The molecule has 0 spiro atoms. The van der Waals surface area contributed by atoms with Gasteiger partial charge >= 0.3 is 5.97 Å². The highest BCUT2D eigenvalue weighted by Gasteiger charge is 2.24. The molecular weight excluding hydrogens is 398 g/mol. The van der Waals surface area contributed by atoms with Gasteiger partial charge in [0, 0.05) is 16.7 Å². The molecule has 1 heterocycles. The molecule has 2 aromatic carbocycles. The summed E-state index contributed by atoms with van der Waals surface area (Å²) in [5, 5.41) is 9.84. The van der Waals surface area contributed by atoms with Gasteiger partial charge in [-0.15, -0.1) is 0 Å². The lowest BCUT2D eigenvalue weighted by Gasteiger charge is -2.13. The van der Waals surface area contributed by atoms with Gasteiger partial charge in [-0.25, -0.2) is 13.6 Å². The lowest BCUT2D eigenvalue weighted by atomic mass is 10.2. The Labute approximate surface area is 161 Å². The predicted molar refractivity (Wildman–Crippen MR) is 98.0 cm³/mol.